The van der Waals surface area contributed by atoms with Crippen LogP contribution in [0.1, 0.15) is 41.9 Å². The summed E-state index contributed by atoms with van der Waals surface area (Å²) in [5.41, 5.74) is 3.57. The summed E-state index contributed by atoms with van der Waals surface area (Å²) in [4.78, 5) is 2.58. The minimum atomic E-state index is 0.0214. The first kappa shape index (κ1) is 23.7. The molecular weight excluding hydrogens is 418 g/mol. The molecule has 0 spiro atoms. The molecule has 1 heterocycles. The molecule has 3 atom stereocenters. The van der Waals surface area contributed by atoms with Gasteiger partial charge in [-0.3, -0.25) is 0 Å². The van der Waals surface area contributed by atoms with E-state index >= 15 is 0 Å². The number of methoxy groups -OCH3 is 4. The van der Waals surface area contributed by atoms with Crippen molar-refractivity contribution in [2.75, 3.05) is 54.7 Å². The van der Waals surface area contributed by atoms with Gasteiger partial charge in [0.1, 0.15) is 0 Å². The van der Waals surface area contributed by atoms with E-state index in [0.717, 1.165) is 37.4 Å². The van der Waals surface area contributed by atoms with Crippen LogP contribution in [0.2, 0.25) is 0 Å². The molecule has 0 radical (unpaired) electrons. The van der Waals surface area contributed by atoms with Gasteiger partial charge in [0.25, 0.3) is 0 Å². The minimum Gasteiger partial charge on any atom is -0.493 e. The third kappa shape index (κ3) is 4.78. The summed E-state index contributed by atoms with van der Waals surface area (Å²) < 4.78 is 22.4. The molecule has 2 aromatic rings. The van der Waals surface area contributed by atoms with Crippen LogP contribution in [0.15, 0.2) is 30.3 Å². The molecule has 6 heteroatoms. The predicted molar refractivity (Wildman–Crippen MR) is 129 cm³/mol. The lowest BCUT2D eigenvalue weighted by atomic mass is 9.66. The maximum absolute atomic E-state index is 10.7. The highest BCUT2D eigenvalue weighted by Gasteiger charge is 2.39. The molecule has 2 aliphatic rings. The Kier molecular flexibility index (Phi) is 7.66. The smallest absolute Gasteiger partial charge is 0.161 e. The summed E-state index contributed by atoms with van der Waals surface area (Å²) in [7, 11) is 6.66. The Hall–Kier alpha value is -2.44. The number of hydrogen-bond donors (Lipinski definition) is 1. The van der Waals surface area contributed by atoms with Crippen LogP contribution < -0.4 is 18.9 Å². The molecule has 2 aromatic carbocycles. The molecule has 4 rings (SSSR count). The highest BCUT2D eigenvalue weighted by Crippen LogP contribution is 2.48. The highest BCUT2D eigenvalue weighted by molar-refractivity contribution is 5.54. The summed E-state index contributed by atoms with van der Waals surface area (Å²) in [5.74, 6) is 3.33. The van der Waals surface area contributed by atoms with Crippen molar-refractivity contribution in [2.24, 2.45) is 11.8 Å². The van der Waals surface area contributed by atoms with Crippen molar-refractivity contribution in [1.82, 2.24) is 4.90 Å². The Morgan fingerprint density at radius 2 is 1.45 bits per heavy atom. The van der Waals surface area contributed by atoms with Crippen molar-refractivity contribution in [3.05, 3.63) is 47.0 Å². The van der Waals surface area contributed by atoms with Crippen molar-refractivity contribution in [3.8, 4) is 23.0 Å². The largest absolute Gasteiger partial charge is 0.493 e. The van der Waals surface area contributed by atoms with Crippen molar-refractivity contribution in [3.63, 3.8) is 0 Å². The van der Waals surface area contributed by atoms with E-state index in [9.17, 15) is 5.11 Å². The predicted octanol–water partition coefficient (Wildman–Crippen LogP) is 4.12. The van der Waals surface area contributed by atoms with Gasteiger partial charge in [0.05, 0.1) is 28.4 Å². The maximum atomic E-state index is 10.7. The van der Waals surface area contributed by atoms with E-state index in [1.807, 2.05) is 6.07 Å². The van der Waals surface area contributed by atoms with Crippen LogP contribution in [0.4, 0.5) is 0 Å². The fourth-order valence-electron chi connectivity index (χ4n) is 5.74. The van der Waals surface area contributed by atoms with E-state index in [1.54, 1.807) is 28.4 Å². The molecular formula is C27H37NO5. The highest BCUT2D eigenvalue weighted by atomic mass is 16.5. The molecule has 0 bridgehead atoms. The molecule has 6 nitrogen and oxygen atoms in total. The van der Waals surface area contributed by atoms with E-state index in [0.29, 0.717) is 23.2 Å². The van der Waals surface area contributed by atoms with Crippen molar-refractivity contribution in [1.29, 1.82) is 0 Å². The first-order valence-electron chi connectivity index (χ1n) is 11.9. The number of rotatable bonds is 8. The summed E-state index contributed by atoms with van der Waals surface area (Å²) in [5, 5.41) is 10.7. The first-order valence-corrected chi connectivity index (χ1v) is 11.9. The lowest BCUT2D eigenvalue weighted by molar-refractivity contribution is 0.105. The number of benzene rings is 2. The second-order valence-corrected chi connectivity index (χ2v) is 9.17. The minimum absolute atomic E-state index is 0.0214. The zero-order valence-electron chi connectivity index (χ0n) is 20.3. The van der Waals surface area contributed by atoms with Crippen molar-refractivity contribution in [2.45, 2.75) is 31.6 Å². The molecule has 3 unspecified atom stereocenters. The van der Waals surface area contributed by atoms with Crippen LogP contribution in [0, 0.1) is 11.8 Å². The third-order valence-corrected chi connectivity index (χ3v) is 7.42. The van der Waals surface area contributed by atoms with Gasteiger partial charge in [0.15, 0.2) is 23.0 Å². The zero-order chi connectivity index (χ0) is 23.4. The molecule has 180 valence electrons. The average Bonchev–Trinajstić information content (AvgIpc) is 2.87. The van der Waals surface area contributed by atoms with Gasteiger partial charge >= 0.3 is 0 Å². The van der Waals surface area contributed by atoms with Gasteiger partial charge in [-0.1, -0.05) is 12.5 Å². The number of aliphatic hydroxyl groups is 1. The first-order chi connectivity index (χ1) is 16.1. The number of piperidine rings is 1. The van der Waals surface area contributed by atoms with E-state index in [4.69, 9.17) is 18.9 Å². The number of ether oxygens (including phenoxy) is 4. The van der Waals surface area contributed by atoms with Crippen LogP contribution in [-0.4, -0.2) is 64.7 Å². The van der Waals surface area contributed by atoms with Gasteiger partial charge in [-0.2, -0.15) is 0 Å². The van der Waals surface area contributed by atoms with E-state index < -0.39 is 0 Å². The van der Waals surface area contributed by atoms with Gasteiger partial charge in [-0.25, -0.2) is 0 Å². The van der Waals surface area contributed by atoms with Gasteiger partial charge in [-0.05, 0) is 85.1 Å². The quantitative estimate of drug-likeness (QED) is 0.646. The standard InChI is InChI=1S/C27H37NO5/c1-30-23-9-8-18(13-24(23)31-2)27-21-15-26(33-4)25(32-3)14-19(21)12-20(22(27)17-29)16-28-10-6-5-7-11-28/h8-9,13-15,20,22,27,29H,5-7,10-12,16-17H2,1-4H3. The molecule has 33 heavy (non-hydrogen) atoms. The van der Waals surface area contributed by atoms with Crippen molar-refractivity contribution >= 4 is 0 Å². The third-order valence-electron chi connectivity index (χ3n) is 7.42. The number of likely N-dealkylation sites (tertiary alicyclic amines) is 1. The Morgan fingerprint density at radius 1 is 0.818 bits per heavy atom. The Labute approximate surface area is 197 Å². The summed E-state index contributed by atoms with van der Waals surface area (Å²) in [6.45, 7) is 3.43. The molecule has 0 aromatic heterocycles. The lowest BCUT2D eigenvalue weighted by Gasteiger charge is -2.42. The number of nitrogens with zero attached hydrogens (tertiary/aromatic N) is 1. The van der Waals surface area contributed by atoms with Gasteiger partial charge < -0.3 is 29.0 Å². The van der Waals surface area contributed by atoms with E-state index in [2.05, 4.69) is 29.2 Å². The van der Waals surface area contributed by atoms with Gasteiger partial charge in [0.2, 0.25) is 0 Å². The Balaban J connectivity index is 1.80. The topological polar surface area (TPSA) is 60.4 Å². The van der Waals surface area contributed by atoms with E-state index in [-0.39, 0.29) is 18.4 Å². The van der Waals surface area contributed by atoms with E-state index in [1.165, 1.54) is 30.4 Å². The molecule has 1 N–H and O–H groups in total. The zero-order valence-corrected chi connectivity index (χ0v) is 20.3. The van der Waals surface area contributed by atoms with Crippen LogP contribution in [0.5, 0.6) is 23.0 Å². The Morgan fingerprint density at radius 3 is 2.09 bits per heavy atom. The van der Waals surface area contributed by atoms with Gasteiger partial charge in [-0.15, -0.1) is 0 Å². The molecule has 1 saturated heterocycles. The normalized spacial score (nSPS) is 23.0. The fourth-order valence-corrected chi connectivity index (χ4v) is 5.74. The molecule has 1 aliphatic carbocycles. The molecule has 1 fully saturated rings. The second kappa shape index (κ2) is 10.7. The monoisotopic (exact) mass is 455 g/mol. The number of fused-ring (bicyclic) bond motifs is 1. The molecule has 1 aliphatic heterocycles. The number of aliphatic hydroxyl groups excluding tert-OH is 1. The molecule has 0 amide bonds. The second-order valence-electron chi connectivity index (χ2n) is 9.17. The maximum Gasteiger partial charge on any atom is 0.161 e. The summed E-state index contributed by atoms with van der Waals surface area (Å²) >= 11 is 0. The average molecular weight is 456 g/mol. The number of hydrogen-bond acceptors (Lipinski definition) is 6. The summed E-state index contributed by atoms with van der Waals surface area (Å²) in [6, 6.07) is 10.3. The van der Waals surface area contributed by atoms with Crippen LogP contribution in [0.3, 0.4) is 0 Å². The van der Waals surface area contributed by atoms with Crippen LogP contribution in [-0.2, 0) is 6.42 Å². The summed E-state index contributed by atoms with van der Waals surface area (Å²) in [6.07, 6.45) is 4.76. The molecule has 0 saturated carbocycles. The van der Waals surface area contributed by atoms with Gasteiger partial charge in [0, 0.05) is 19.1 Å². The SMILES string of the molecule is COc1ccc(C2c3cc(OC)c(OC)cc3CC(CN3CCCCC3)C2CO)cc1OC. The fraction of sp³-hybridized carbons (Fsp3) is 0.556. The Bertz CT molecular complexity index is 940. The van der Waals surface area contributed by atoms with Crippen LogP contribution >= 0.6 is 0 Å². The van der Waals surface area contributed by atoms with Crippen LogP contribution in [0.25, 0.3) is 0 Å². The van der Waals surface area contributed by atoms with Crippen molar-refractivity contribution < 1.29 is 24.1 Å². The lowest BCUT2D eigenvalue weighted by Crippen LogP contribution is -2.42.